The molecule has 0 saturated carbocycles. The van der Waals surface area contributed by atoms with Crippen LogP contribution in [-0.2, 0) is 19.3 Å². The first-order valence-corrected chi connectivity index (χ1v) is 8.05. The molecule has 0 N–H and O–H groups in total. The van der Waals surface area contributed by atoms with Crippen LogP contribution in [0.15, 0.2) is 48.5 Å². The molecule has 0 saturated heterocycles. The minimum atomic E-state index is 0.450. The van der Waals surface area contributed by atoms with E-state index in [0.717, 1.165) is 25.0 Å². The molecule has 1 atom stereocenters. The largest absolute Gasteiger partial charge is 0.497 e. The number of hydrogen-bond acceptors (Lipinski definition) is 1. The van der Waals surface area contributed by atoms with Crippen molar-refractivity contribution >= 4 is 11.6 Å². The third-order valence-corrected chi connectivity index (χ3v) is 4.27. The highest BCUT2D eigenvalue weighted by molar-refractivity contribution is 6.18. The average molecular weight is 303 g/mol. The normalized spacial score (nSPS) is 12.1. The molecule has 0 amide bonds. The summed E-state index contributed by atoms with van der Waals surface area (Å²) in [5.74, 6) is 2.03. The predicted molar refractivity (Wildman–Crippen MR) is 90.4 cm³/mol. The Morgan fingerprint density at radius 1 is 0.952 bits per heavy atom. The molecule has 0 fully saturated rings. The van der Waals surface area contributed by atoms with E-state index in [4.69, 9.17) is 16.3 Å². The molecular formula is C19H23ClO. The lowest BCUT2D eigenvalue weighted by atomic mass is 9.93. The van der Waals surface area contributed by atoms with E-state index in [1.165, 1.54) is 16.7 Å². The first-order valence-electron chi connectivity index (χ1n) is 7.51. The Morgan fingerprint density at radius 2 is 1.62 bits per heavy atom. The van der Waals surface area contributed by atoms with Gasteiger partial charge in [0.15, 0.2) is 0 Å². The van der Waals surface area contributed by atoms with Gasteiger partial charge in [0.05, 0.1) is 7.11 Å². The summed E-state index contributed by atoms with van der Waals surface area (Å²) >= 11 is 6.17. The highest BCUT2D eigenvalue weighted by Crippen LogP contribution is 2.20. The molecule has 0 aliphatic heterocycles. The van der Waals surface area contributed by atoms with E-state index in [0.29, 0.717) is 11.8 Å². The molecule has 2 aromatic rings. The Balaban J connectivity index is 2.01. The second-order valence-corrected chi connectivity index (χ2v) is 5.76. The van der Waals surface area contributed by atoms with Crippen LogP contribution in [-0.4, -0.2) is 13.0 Å². The van der Waals surface area contributed by atoms with Crippen LogP contribution in [0.4, 0.5) is 0 Å². The molecule has 0 bridgehead atoms. The highest BCUT2D eigenvalue weighted by Gasteiger charge is 2.10. The average Bonchev–Trinajstić information content (AvgIpc) is 2.55. The maximum Gasteiger partial charge on any atom is 0.119 e. The van der Waals surface area contributed by atoms with Crippen molar-refractivity contribution in [3.05, 3.63) is 65.2 Å². The number of hydrogen-bond donors (Lipinski definition) is 0. The van der Waals surface area contributed by atoms with Crippen LogP contribution in [0.25, 0.3) is 0 Å². The van der Waals surface area contributed by atoms with Gasteiger partial charge in [0.25, 0.3) is 0 Å². The molecule has 1 unspecified atom stereocenters. The van der Waals surface area contributed by atoms with Crippen molar-refractivity contribution < 1.29 is 4.74 Å². The molecule has 0 radical (unpaired) electrons. The lowest BCUT2D eigenvalue weighted by molar-refractivity contribution is 0.414. The first-order chi connectivity index (χ1) is 10.2. The van der Waals surface area contributed by atoms with Gasteiger partial charge in [-0.05, 0) is 54.0 Å². The second-order valence-electron chi connectivity index (χ2n) is 5.45. The molecule has 0 aromatic heterocycles. The zero-order valence-corrected chi connectivity index (χ0v) is 13.6. The smallest absolute Gasteiger partial charge is 0.119 e. The van der Waals surface area contributed by atoms with E-state index in [2.05, 4.69) is 43.3 Å². The molecule has 0 aliphatic carbocycles. The molecule has 2 heteroatoms. The summed E-state index contributed by atoms with van der Waals surface area (Å²) in [5.41, 5.74) is 4.03. The van der Waals surface area contributed by atoms with Gasteiger partial charge in [-0.3, -0.25) is 0 Å². The van der Waals surface area contributed by atoms with Crippen molar-refractivity contribution in [3.8, 4) is 5.75 Å². The number of aryl methyl sites for hydroxylation is 1. The Hall–Kier alpha value is -1.47. The Morgan fingerprint density at radius 3 is 2.24 bits per heavy atom. The monoisotopic (exact) mass is 302 g/mol. The fourth-order valence-corrected chi connectivity index (χ4v) is 2.78. The molecule has 0 spiro atoms. The van der Waals surface area contributed by atoms with Gasteiger partial charge >= 0.3 is 0 Å². The van der Waals surface area contributed by atoms with Gasteiger partial charge in [0, 0.05) is 5.88 Å². The van der Waals surface area contributed by atoms with Crippen molar-refractivity contribution in [2.45, 2.75) is 26.2 Å². The number of methoxy groups -OCH3 is 1. The van der Waals surface area contributed by atoms with E-state index in [1.54, 1.807) is 7.11 Å². The highest BCUT2D eigenvalue weighted by atomic mass is 35.5. The number of alkyl halides is 1. The molecule has 2 aromatic carbocycles. The van der Waals surface area contributed by atoms with Crippen LogP contribution < -0.4 is 4.74 Å². The van der Waals surface area contributed by atoms with E-state index in [-0.39, 0.29) is 0 Å². The Bertz CT molecular complexity index is 548. The SMILES string of the molecule is CCc1ccc(CC(CCl)Cc2cccc(OC)c2)cc1. The standard InChI is InChI=1S/C19H23ClO/c1-3-15-7-9-16(10-8-15)11-18(14-20)12-17-5-4-6-19(13-17)21-2/h4-10,13,18H,3,11-12,14H2,1-2H3. The van der Waals surface area contributed by atoms with Gasteiger partial charge in [-0.15, -0.1) is 11.6 Å². The van der Waals surface area contributed by atoms with E-state index >= 15 is 0 Å². The van der Waals surface area contributed by atoms with Crippen molar-refractivity contribution in [3.63, 3.8) is 0 Å². The van der Waals surface area contributed by atoms with Crippen molar-refractivity contribution in [1.29, 1.82) is 0 Å². The topological polar surface area (TPSA) is 9.23 Å². The zero-order valence-electron chi connectivity index (χ0n) is 12.8. The molecule has 0 aliphatic rings. The van der Waals surface area contributed by atoms with Crippen molar-refractivity contribution in [1.82, 2.24) is 0 Å². The molecule has 112 valence electrons. The van der Waals surface area contributed by atoms with Gasteiger partial charge in [-0.2, -0.15) is 0 Å². The van der Waals surface area contributed by atoms with Crippen LogP contribution in [0, 0.1) is 5.92 Å². The molecular weight excluding hydrogens is 280 g/mol. The fourth-order valence-electron chi connectivity index (χ4n) is 2.56. The number of ether oxygens (including phenoxy) is 1. The van der Waals surface area contributed by atoms with E-state index < -0.39 is 0 Å². The predicted octanol–water partition coefficient (Wildman–Crippen LogP) is 4.90. The maximum atomic E-state index is 6.17. The summed E-state index contributed by atoms with van der Waals surface area (Å²) in [7, 11) is 1.70. The minimum absolute atomic E-state index is 0.450. The summed E-state index contributed by atoms with van der Waals surface area (Å²) in [4.78, 5) is 0. The van der Waals surface area contributed by atoms with Crippen LogP contribution in [0.3, 0.4) is 0 Å². The molecule has 0 heterocycles. The summed E-state index contributed by atoms with van der Waals surface area (Å²) in [6.45, 7) is 2.18. The van der Waals surface area contributed by atoms with Crippen LogP contribution in [0.1, 0.15) is 23.6 Å². The third kappa shape index (κ3) is 4.78. The van der Waals surface area contributed by atoms with Crippen molar-refractivity contribution in [2.75, 3.05) is 13.0 Å². The fraction of sp³-hybridized carbons (Fsp3) is 0.368. The quantitative estimate of drug-likeness (QED) is 0.661. The van der Waals surface area contributed by atoms with Gasteiger partial charge in [0.1, 0.15) is 5.75 Å². The third-order valence-electron chi connectivity index (χ3n) is 3.83. The van der Waals surface area contributed by atoms with Gasteiger partial charge in [-0.25, -0.2) is 0 Å². The van der Waals surface area contributed by atoms with Crippen LogP contribution >= 0.6 is 11.6 Å². The Kier molecular flexibility index (Phi) is 6.13. The summed E-state index contributed by atoms with van der Waals surface area (Å²) in [5, 5.41) is 0. The molecule has 2 rings (SSSR count). The number of benzene rings is 2. The van der Waals surface area contributed by atoms with Crippen LogP contribution in [0.5, 0.6) is 5.75 Å². The zero-order chi connectivity index (χ0) is 15.1. The summed E-state index contributed by atoms with van der Waals surface area (Å²) in [6, 6.07) is 17.1. The molecule has 21 heavy (non-hydrogen) atoms. The molecule has 1 nitrogen and oxygen atoms in total. The number of rotatable bonds is 7. The lowest BCUT2D eigenvalue weighted by Crippen LogP contribution is -2.10. The van der Waals surface area contributed by atoms with E-state index in [1.807, 2.05) is 12.1 Å². The van der Waals surface area contributed by atoms with Crippen LogP contribution in [0.2, 0.25) is 0 Å². The Labute approximate surface area is 132 Å². The maximum absolute atomic E-state index is 6.17. The summed E-state index contributed by atoms with van der Waals surface area (Å²) < 4.78 is 5.28. The van der Waals surface area contributed by atoms with E-state index in [9.17, 15) is 0 Å². The van der Waals surface area contributed by atoms with Gasteiger partial charge in [-0.1, -0.05) is 43.3 Å². The first kappa shape index (κ1) is 15.9. The minimum Gasteiger partial charge on any atom is -0.497 e. The van der Waals surface area contributed by atoms with Gasteiger partial charge in [0.2, 0.25) is 0 Å². The van der Waals surface area contributed by atoms with Gasteiger partial charge < -0.3 is 4.74 Å². The summed E-state index contributed by atoms with van der Waals surface area (Å²) in [6.07, 6.45) is 3.09. The van der Waals surface area contributed by atoms with Crippen molar-refractivity contribution in [2.24, 2.45) is 5.92 Å². The second kappa shape index (κ2) is 8.09. The lowest BCUT2D eigenvalue weighted by Gasteiger charge is -2.15. The number of halogens is 1.